The molecule has 2 fully saturated rings. The molecule has 1 aliphatic carbocycles. The molecule has 1 aromatic carbocycles. The number of benzene rings is 1. The van der Waals surface area contributed by atoms with Crippen molar-refractivity contribution in [1.82, 2.24) is 10.6 Å². The molecule has 1 saturated heterocycles. The first-order valence-corrected chi connectivity index (χ1v) is 8.60. The number of carbonyl (C=O) groups excluding carboxylic acids is 1. The smallest absolute Gasteiger partial charge is 0.315 e. The number of carbonyl (C=O) groups is 1. The quantitative estimate of drug-likeness (QED) is 0.896. The summed E-state index contributed by atoms with van der Waals surface area (Å²) >= 11 is 0. The van der Waals surface area contributed by atoms with E-state index in [1.54, 1.807) is 0 Å². The molecule has 0 bridgehead atoms. The number of amides is 2. The van der Waals surface area contributed by atoms with Gasteiger partial charge in [0.15, 0.2) is 0 Å². The van der Waals surface area contributed by atoms with Gasteiger partial charge in [0.25, 0.3) is 0 Å². The van der Waals surface area contributed by atoms with Gasteiger partial charge in [0.2, 0.25) is 0 Å². The summed E-state index contributed by atoms with van der Waals surface area (Å²) in [5, 5.41) is 5.97. The van der Waals surface area contributed by atoms with Gasteiger partial charge in [0.05, 0.1) is 25.9 Å². The number of hydrogen-bond donors (Lipinski definition) is 2. The Bertz CT molecular complexity index is 480. The molecule has 0 aromatic heterocycles. The van der Waals surface area contributed by atoms with Gasteiger partial charge in [0, 0.05) is 12.6 Å². The molecule has 0 radical (unpaired) electrons. The van der Waals surface area contributed by atoms with Crippen LogP contribution in [0, 0.1) is 0 Å². The Labute approximate surface area is 137 Å². The maximum absolute atomic E-state index is 12.0. The van der Waals surface area contributed by atoms with E-state index in [1.165, 1.54) is 5.56 Å². The van der Waals surface area contributed by atoms with Crippen LogP contribution in [-0.2, 0) is 9.47 Å². The van der Waals surface area contributed by atoms with Crippen molar-refractivity contribution in [3.05, 3.63) is 35.9 Å². The maximum atomic E-state index is 12.0. The average molecular weight is 318 g/mol. The molecule has 3 rings (SSSR count). The molecule has 1 heterocycles. The van der Waals surface area contributed by atoms with E-state index < -0.39 is 0 Å². The molecule has 1 saturated carbocycles. The van der Waals surface area contributed by atoms with Crippen LogP contribution in [0.5, 0.6) is 0 Å². The highest BCUT2D eigenvalue weighted by Crippen LogP contribution is 2.32. The molecule has 2 amide bonds. The third-order valence-electron chi connectivity index (χ3n) is 4.71. The van der Waals surface area contributed by atoms with Crippen molar-refractivity contribution in [1.29, 1.82) is 0 Å². The number of nitrogens with one attached hydrogen (secondary N) is 2. The highest BCUT2D eigenvalue weighted by atomic mass is 16.6. The summed E-state index contributed by atoms with van der Waals surface area (Å²) < 4.78 is 10.8. The summed E-state index contributed by atoms with van der Waals surface area (Å²) in [5.41, 5.74) is 1.42. The number of hydrogen-bond acceptors (Lipinski definition) is 3. The van der Waals surface area contributed by atoms with E-state index in [4.69, 9.17) is 9.47 Å². The third kappa shape index (κ3) is 4.94. The molecule has 2 aliphatic rings. The Balaban J connectivity index is 1.36. The lowest BCUT2D eigenvalue weighted by molar-refractivity contribution is -0.0853. The highest BCUT2D eigenvalue weighted by molar-refractivity contribution is 5.74. The zero-order chi connectivity index (χ0) is 15.9. The molecule has 5 heteroatoms. The minimum atomic E-state index is -0.0951. The van der Waals surface area contributed by atoms with Crippen LogP contribution >= 0.6 is 0 Å². The van der Waals surface area contributed by atoms with Crippen molar-refractivity contribution < 1.29 is 14.3 Å². The summed E-state index contributed by atoms with van der Waals surface area (Å²) in [7, 11) is 0. The van der Waals surface area contributed by atoms with Gasteiger partial charge >= 0.3 is 6.03 Å². The fourth-order valence-corrected chi connectivity index (χ4v) is 3.39. The van der Waals surface area contributed by atoms with Crippen LogP contribution < -0.4 is 10.6 Å². The number of rotatable bonds is 4. The van der Waals surface area contributed by atoms with Crippen LogP contribution in [0.4, 0.5) is 4.79 Å². The Kier molecular flexibility index (Phi) is 5.88. The molecule has 1 aromatic rings. The fraction of sp³-hybridized carbons (Fsp3) is 0.611. The van der Waals surface area contributed by atoms with E-state index >= 15 is 0 Å². The number of ether oxygens (including phenoxy) is 2. The number of urea groups is 1. The summed E-state index contributed by atoms with van der Waals surface area (Å²) in [5.74, 6) is 0.630. The first-order valence-electron chi connectivity index (χ1n) is 8.60. The second-order valence-corrected chi connectivity index (χ2v) is 6.38. The summed E-state index contributed by atoms with van der Waals surface area (Å²) in [6.07, 6.45) is 4.32. The summed E-state index contributed by atoms with van der Waals surface area (Å²) in [6.45, 7) is 2.32. The van der Waals surface area contributed by atoms with Gasteiger partial charge in [-0.1, -0.05) is 30.3 Å². The lowest BCUT2D eigenvalue weighted by Gasteiger charge is -2.30. The predicted molar refractivity (Wildman–Crippen MR) is 88.5 cm³/mol. The standard InChI is InChI=1S/C18H26N2O3/c21-18(19-12-17-13-22-10-11-23-17)20-16-8-6-15(7-9-16)14-4-2-1-3-5-14/h1-5,15-17H,6-13H2,(H2,19,20,21). The first-order chi connectivity index (χ1) is 11.3. The van der Waals surface area contributed by atoms with Gasteiger partial charge in [-0.25, -0.2) is 4.79 Å². The largest absolute Gasteiger partial charge is 0.376 e. The molecule has 0 spiro atoms. The summed E-state index contributed by atoms with van der Waals surface area (Å²) in [4.78, 5) is 12.0. The van der Waals surface area contributed by atoms with E-state index in [1.807, 2.05) is 0 Å². The molecule has 1 aliphatic heterocycles. The van der Waals surface area contributed by atoms with Crippen LogP contribution in [0.15, 0.2) is 30.3 Å². The van der Waals surface area contributed by atoms with Crippen LogP contribution in [0.3, 0.4) is 0 Å². The zero-order valence-corrected chi connectivity index (χ0v) is 13.5. The third-order valence-corrected chi connectivity index (χ3v) is 4.71. The van der Waals surface area contributed by atoms with Gasteiger partial charge in [0.1, 0.15) is 0 Å². The van der Waals surface area contributed by atoms with Gasteiger partial charge in [-0.15, -0.1) is 0 Å². The van der Waals surface area contributed by atoms with Crippen LogP contribution in [0.1, 0.15) is 37.2 Å². The van der Waals surface area contributed by atoms with Crippen molar-refractivity contribution in [2.45, 2.75) is 43.7 Å². The first kappa shape index (κ1) is 16.3. The van der Waals surface area contributed by atoms with Crippen molar-refractivity contribution >= 4 is 6.03 Å². The van der Waals surface area contributed by atoms with E-state index in [0.717, 1.165) is 25.7 Å². The lowest BCUT2D eigenvalue weighted by Crippen LogP contribution is -2.47. The van der Waals surface area contributed by atoms with E-state index in [9.17, 15) is 4.79 Å². The van der Waals surface area contributed by atoms with E-state index in [2.05, 4.69) is 41.0 Å². The molecule has 23 heavy (non-hydrogen) atoms. The van der Waals surface area contributed by atoms with Crippen LogP contribution in [0.2, 0.25) is 0 Å². The normalized spacial score (nSPS) is 28.1. The van der Waals surface area contributed by atoms with E-state index in [0.29, 0.717) is 32.3 Å². The zero-order valence-electron chi connectivity index (χ0n) is 13.5. The van der Waals surface area contributed by atoms with Crippen molar-refractivity contribution in [3.63, 3.8) is 0 Å². The molecule has 1 unspecified atom stereocenters. The van der Waals surface area contributed by atoms with Crippen LogP contribution in [-0.4, -0.2) is 44.5 Å². The minimum Gasteiger partial charge on any atom is -0.376 e. The van der Waals surface area contributed by atoms with Gasteiger partial charge in [-0.3, -0.25) is 0 Å². The fourth-order valence-electron chi connectivity index (χ4n) is 3.39. The van der Waals surface area contributed by atoms with Crippen molar-refractivity contribution in [2.24, 2.45) is 0 Å². The molecule has 2 N–H and O–H groups in total. The lowest BCUT2D eigenvalue weighted by atomic mass is 9.82. The Morgan fingerprint density at radius 3 is 2.57 bits per heavy atom. The Morgan fingerprint density at radius 2 is 1.87 bits per heavy atom. The Morgan fingerprint density at radius 1 is 1.09 bits per heavy atom. The second kappa shape index (κ2) is 8.31. The van der Waals surface area contributed by atoms with Crippen LogP contribution in [0.25, 0.3) is 0 Å². The topological polar surface area (TPSA) is 59.6 Å². The molecule has 1 atom stereocenters. The second-order valence-electron chi connectivity index (χ2n) is 6.38. The minimum absolute atomic E-state index is 0.0247. The van der Waals surface area contributed by atoms with Gasteiger partial charge in [-0.05, 0) is 37.2 Å². The Hall–Kier alpha value is -1.59. The van der Waals surface area contributed by atoms with Crippen molar-refractivity contribution in [2.75, 3.05) is 26.4 Å². The molecule has 126 valence electrons. The SMILES string of the molecule is O=C(NCC1COCCO1)NC1CCC(c2ccccc2)CC1. The average Bonchev–Trinajstić information content (AvgIpc) is 2.62. The van der Waals surface area contributed by atoms with Crippen molar-refractivity contribution in [3.8, 4) is 0 Å². The monoisotopic (exact) mass is 318 g/mol. The molecular weight excluding hydrogens is 292 g/mol. The summed E-state index contributed by atoms with van der Waals surface area (Å²) in [6, 6.07) is 10.9. The predicted octanol–water partition coefficient (Wildman–Crippen LogP) is 2.43. The molecule has 5 nitrogen and oxygen atoms in total. The van der Waals surface area contributed by atoms with Gasteiger partial charge in [-0.2, -0.15) is 0 Å². The van der Waals surface area contributed by atoms with E-state index in [-0.39, 0.29) is 18.2 Å². The highest BCUT2D eigenvalue weighted by Gasteiger charge is 2.23. The van der Waals surface area contributed by atoms with Gasteiger partial charge < -0.3 is 20.1 Å². The maximum Gasteiger partial charge on any atom is 0.315 e. The molecular formula is C18H26N2O3.